The molecule has 3 unspecified atom stereocenters. The fourth-order valence-electron chi connectivity index (χ4n) is 1.29. The van der Waals surface area contributed by atoms with Gasteiger partial charge in [0.1, 0.15) is 0 Å². The Labute approximate surface area is 120 Å². The topological polar surface area (TPSA) is 58.9 Å². The van der Waals surface area contributed by atoms with Crippen molar-refractivity contribution < 1.29 is 19.7 Å². The highest BCUT2D eigenvalue weighted by molar-refractivity contribution is 4.58. The van der Waals surface area contributed by atoms with E-state index in [0.717, 1.165) is 12.8 Å². The van der Waals surface area contributed by atoms with Gasteiger partial charge in [0.05, 0.1) is 31.5 Å². The van der Waals surface area contributed by atoms with Crippen LogP contribution in [0.15, 0.2) is 0 Å². The first-order valence-corrected chi connectivity index (χ1v) is 6.69. The molecule has 0 spiro atoms. The molecule has 0 radical (unpaired) electrons. The summed E-state index contributed by atoms with van der Waals surface area (Å²) in [7, 11) is 0. The first-order valence-electron chi connectivity index (χ1n) is 6.69. The van der Waals surface area contributed by atoms with Gasteiger partial charge in [0, 0.05) is 6.61 Å². The molecule has 0 fully saturated rings. The minimum atomic E-state index is -0.383. The number of aliphatic hydroxyl groups excluding tert-OH is 2. The molecule has 19 heavy (non-hydrogen) atoms. The molecular weight excluding hydrogens is 244 g/mol. The molecule has 0 aromatic carbocycles. The van der Waals surface area contributed by atoms with Crippen LogP contribution in [0.3, 0.4) is 0 Å². The summed E-state index contributed by atoms with van der Waals surface area (Å²) in [6.07, 6.45) is 2.40. The van der Waals surface area contributed by atoms with Crippen molar-refractivity contribution in [2.24, 2.45) is 0 Å². The Balaban J connectivity index is -0.00000128. The highest BCUT2D eigenvalue weighted by Gasteiger charge is 2.10. The van der Waals surface area contributed by atoms with Gasteiger partial charge in [0.25, 0.3) is 0 Å². The Morgan fingerprint density at radius 2 is 1.42 bits per heavy atom. The van der Waals surface area contributed by atoms with Crippen LogP contribution in [-0.4, -0.2) is 48.3 Å². The van der Waals surface area contributed by atoms with E-state index in [4.69, 9.17) is 9.47 Å². The number of ether oxygens (including phenoxy) is 2. The highest BCUT2D eigenvalue weighted by Crippen LogP contribution is 2.03. The molecule has 0 saturated carbocycles. The van der Waals surface area contributed by atoms with Crippen molar-refractivity contribution in [3.63, 3.8) is 0 Å². The van der Waals surface area contributed by atoms with Gasteiger partial charge in [-0.2, -0.15) is 0 Å². The van der Waals surface area contributed by atoms with Crippen molar-refractivity contribution >= 4 is 0 Å². The van der Waals surface area contributed by atoms with Crippen molar-refractivity contribution in [2.75, 3.05) is 19.8 Å². The van der Waals surface area contributed by atoms with E-state index in [1.807, 2.05) is 20.8 Å². The minimum Gasteiger partial charge on any atom is -0.393 e. The van der Waals surface area contributed by atoms with Crippen molar-refractivity contribution in [1.82, 2.24) is 0 Å². The van der Waals surface area contributed by atoms with Crippen molar-refractivity contribution in [2.45, 2.75) is 79.6 Å². The van der Waals surface area contributed by atoms with E-state index in [2.05, 4.69) is 0 Å². The largest absolute Gasteiger partial charge is 0.393 e. The van der Waals surface area contributed by atoms with Crippen LogP contribution in [0.1, 0.15) is 61.3 Å². The van der Waals surface area contributed by atoms with Crippen LogP contribution in [0.4, 0.5) is 0 Å². The van der Waals surface area contributed by atoms with Gasteiger partial charge >= 0.3 is 0 Å². The number of hydrogen-bond donors (Lipinski definition) is 2. The first kappa shape index (κ1) is 23.9. The Hall–Kier alpha value is -0.160. The summed E-state index contributed by atoms with van der Waals surface area (Å²) >= 11 is 0. The molecule has 0 aliphatic heterocycles. The lowest BCUT2D eigenvalue weighted by atomic mass is 10.2. The molecule has 0 saturated heterocycles. The molecule has 0 heterocycles. The fraction of sp³-hybridized carbons (Fsp3) is 1.00. The van der Waals surface area contributed by atoms with Crippen molar-refractivity contribution in [1.29, 1.82) is 0 Å². The van der Waals surface area contributed by atoms with Crippen molar-refractivity contribution in [3.05, 3.63) is 0 Å². The summed E-state index contributed by atoms with van der Waals surface area (Å²) in [5.74, 6) is 0. The number of rotatable bonds is 11. The minimum absolute atomic E-state index is 0. The fourth-order valence-corrected chi connectivity index (χ4v) is 1.29. The molecule has 0 aromatic heterocycles. The first-order chi connectivity index (χ1) is 8.13. The predicted molar refractivity (Wildman–Crippen MR) is 81.5 cm³/mol. The molecule has 0 rings (SSSR count). The quantitative estimate of drug-likeness (QED) is 0.571. The Bertz CT molecular complexity index is 164. The summed E-state index contributed by atoms with van der Waals surface area (Å²) in [5.41, 5.74) is 0. The normalized spacial score (nSPS) is 15.0. The van der Waals surface area contributed by atoms with E-state index in [9.17, 15) is 10.2 Å². The maximum atomic E-state index is 9.38. The second-order valence-corrected chi connectivity index (χ2v) is 4.35. The number of aliphatic hydroxyl groups is 2. The smallest absolute Gasteiger partial charge is 0.0807 e. The lowest BCUT2D eigenvalue weighted by molar-refractivity contribution is -0.0535. The van der Waals surface area contributed by atoms with E-state index in [1.54, 1.807) is 0 Å². The zero-order valence-corrected chi connectivity index (χ0v) is 11.4. The molecule has 0 aliphatic carbocycles. The molecule has 4 heteroatoms. The summed E-state index contributed by atoms with van der Waals surface area (Å²) in [6, 6.07) is 0. The van der Waals surface area contributed by atoms with Crippen LogP contribution in [0.2, 0.25) is 0 Å². The van der Waals surface area contributed by atoms with Gasteiger partial charge in [-0.3, -0.25) is 0 Å². The molecule has 120 valence electrons. The maximum absolute atomic E-state index is 9.38. The molecule has 0 bridgehead atoms. The average Bonchev–Trinajstić information content (AvgIpc) is 2.36. The average molecular weight is 280 g/mol. The van der Waals surface area contributed by atoms with Crippen LogP contribution in [0.25, 0.3) is 0 Å². The summed E-state index contributed by atoms with van der Waals surface area (Å²) in [4.78, 5) is 0. The Morgan fingerprint density at radius 1 is 0.842 bits per heavy atom. The molecule has 4 nitrogen and oxygen atoms in total. The Morgan fingerprint density at radius 3 is 1.89 bits per heavy atom. The van der Waals surface area contributed by atoms with Gasteiger partial charge in [0.15, 0.2) is 0 Å². The summed E-state index contributed by atoms with van der Waals surface area (Å²) in [6.45, 7) is 7.38. The molecule has 0 aliphatic rings. The second kappa shape index (κ2) is 15.9. The SMILES string of the molecule is C.C.CCC(O)CCOCC(CC)OCC(O)CC. The standard InChI is InChI=1S/C13H28O4.2CH4/c1-4-11(14)7-8-16-10-13(6-3)17-9-12(15)5-2;;/h11-15H,4-10H2,1-3H3;2*1H4. The van der Waals surface area contributed by atoms with Crippen LogP contribution in [0, 0.1) is 0 Å². The lowest BCUT2D eigenvalue weighted by Crippen LogP contribution is -2.25. The molecule has 2 N–H and O–H groups in total. The predicted octanol–water partition coefficient (Wildman–Crippen LogP) is 3.00. The molecule has 3 atom stereocenters. The third-order valence-electron chi connectivity index (χ3n) is 2.82. The van der Waals surface area contributed by atoms with E-state index in [1.165, 1.54) is 0 Å². The maximum Gasteiger partial charge on any atom is 0.0807 e. The molecular formula is C15H36O4. The lowest BCUT2D eigenvalue weighted by Gasteiger charge is -2.18. The van der Waals surface area contributed by atoms with Gasteiger partial charge in [-0.25, -0.2) is 0 Å². The monoisotopic (exact) mass is 280 g/mol. The van der Waals surface area contributed by atoms with Gasteiger partial charge in [0.2, 0.25) is 0 Å². The molecule has 0 amide bonds. The van der Waals surface area contributed by atoms with E-state index < -0.39 is 0 Å². The van der Waals surface area contributed by atoms with Crippen LogP contribution < -0.4 is 0 Å². The van der Waals surface area contributed by atoms with Gasteiger partial charge in [-0.15, -0.1) is 0 Å². The Kier molecular flexibility index (Phi) is 20.0. The van der Waals surface area contributed by atoms with Crippen LogP contribution >= 0.6 is 0 Å². The van der Waals surface area contributed by atoms with E-state index >= 15 is 0 Å². The third kappa shape index (κ3) is 14.1. The van der Waals surface area contributed by atoms with Crippen molar-refractivity contribution in [3.8, 4) is 0 Å². The van der Waals surface area contributed by atoms with Gasteiger partial charge in [-0.1, -0.05) is 35.6 Å². The zero-order valence-electron chi connectivity index (χ0n) is 11.4. The second-order valence-electron chi connectivity index (χ2n) is 4.35. The van der Waals surface area contributed by atoms with Crippen LogP contribution in [-0.2, 0) is 9.47 Å². The highest BCUT2D eigenvalue weighted by atomic mass is 16.5. The van der Waals surface area contributed by atoms with E-state index in [-0.39, 0.29) is 33.2 Å². The van der Waals surface area contributed by atoms with Gasteiger partial charge in [-0.05, 0) is 25.7 Å². The van der Waals surface area contributed by atoms with E-state index in [0.29, 0.717) is 32.7 Å². The third-order valence-corrected chi connectivity index (χ3v) is 2.82. The van der Waals surface area contributed by atoms with Crippen LogP contribution in [0.5, 0.6) is 0 Å². The van der Waals surface area contributed by atoms with Gasteiger partial charge < -0.3 is 19.7 Å². The summed E-state index contributed by atoms with van der Waals surface area (Å²) in [5, 5.41) is 18.7. The zero-order chi connectivity index (χ0) is 13.1. The molecule has 0 aromatic rings. The number of hydrogen-bond acceptors (Lipinski definition) is 4. The summed E-state index contributed by atoms with van der Waals surface area (Å²) < 4.78 is 11.0.